The molecule has 1 heterocycles. The largest absolute Gasteiger partial charge is 0.457 e. The van der Waals surface area contributed by atoms with Crippen LogP contribution in [0.25, 0.3) is 0 Å². The minimum Gasteiger partial charge on any atom is -0.457 e. The van der Waals surface area contributed by atoms with E-state index in [1.54, 1.807) is 0 Å². The maximum atomic E-state index is 12.6. The van der Waals surface area contributed by atoms with E-state index in [2.05, 4.69) is 0 Å². The molecule has 2 unspecified atom stereocenters. The summed E-state index contributed by atoms with van der Waals surface area (Å²) in [6.07, 6.45) is 0.834. The molecule has 2 aromatic rings. The molecule has 0 spiro atoms. The van der Waals surface area contributed by atoms with E-state index in [1.165, 1.54) is 26.2 Å². The molecule has 0 aliphatic carbocycles. The summed E-state index contributed by atoms with van der Waals surface area (Å²) in [5.41, 5.74) is 0.905. The van der Waals surface area contributed by atoms with Gasteiger partial charge in [0.25, 0.3) is 10.0 Å². The highest BCUT2D eigenvalue weighted by Gasteiger charge is 2.28. The lowest BCUT2D eigenvalue weighted by Crippen LogP contribution is -2.22. The topological polar surface area (TPSA) is 76.8 Å². The van der Waals surface area contributed by atoms with Crippen molar-refractivity contribution in [3.05, 3.63) is 53.8 Å². The molecule has 142 valence electrons. The molecule has 0 N–H and O–H groups in total. The zero-order valence-electron chi connectivity index (χ0n) is 15.5. The molecule has 2 rings (SSSR count). The predicted octanol–water partition coefficient (Wildman–Crippen LogP) is 3.40. The summed E-state index contributed by atoms with van der Waals surface area (Å²) in [6.45, 7) is 3.92. The molecule has 0 radical (unpaired) electrons. The van der Waals surface area contributed by atoms with Gasteiger partial charge in [-0.1, -0.05) is 50.6 Å². The number of furan rings is 1. The minimum absolute atomic E-state index is 0.110. The second kappa shape index (κ2) is 8.51. The van der Waals surface area contributed by atoms with Crippen LogP contribution in [0.15, 0.2) is 52.0 Å². The van der Waals surface area contributed by atoms with Gasteiger partial charge in [-0.15, -0.1) is 0 Å². The summed E-state index contributed by atoms with van der Waals surface area (Å²) < 4.78 is 35.9. The summed E-state index contributed by atoms with van der Waals surface area (Å²) in [4.78, 5) is 12.6. The number of sulfonamides is 1. The fourth-order valence-electron chi connectivity index (χ4n) is 2.58. The van der Waals surface area contributed by atoms with Crippen molar-refractivity contribution in [3.8, 4) is 0 Å². The van der Waals surface area contributed by atoms with Crippen LogP contribution >= 0.6 is 0 Å². The molecule has 0 bridgehead atoms. The number of rotatable bonds is 8. The molecule has 1 aromatic heterocycles. The number of carbonyl (C=O) groups is 1. The first-order chi connectivity index (χ1) is 12.3. The summed E-state index contributed by atoms with van der Waals surface area (Å²) >= 11 is 0. The number of hydrogen-bond donors (Lipinski definition) is 0. The molecule has 2 atom stereocenters. The van der Waals surface area contributed by atoms with Crippen molar-refractivity contribution in [1.29, 1.82) is 0 Å². The van der Waals surface area contributed by atoms with Gasteiger partial charge in [-0.2, -0.15) is 0 Å². The van der Waals surface area contributed by atoms with Gasteiger partial charge < -0.3 is 9.15 Å². The highest BCUT2D eigenvalue weighted by atomic mass is 32.2. The van der Waals surface area contributed by atoms with Gasteiger partial charge in [-0.3, -0.25) is 4.79 Å². The van der Waals surface area contributed by atoms with E-state index in [9.17, 15) is 13.2 Å². The van der Waals surface area contributed by atoms with Crippen LogP contribution in [-0.4, -0.2) is 32.8 Å². The van der Waals surface area contributed by atoms with Gasteiger partial charge in [0.1, 0.15) is 12.4 Å². The maximum absolute atomic E-state index is 12.6. The Balaban J connectivity index is 2.10. The maximum Gasteiger partial charge on any atom is 0.314 e. The summed E-state index contributed by atoms with van der Waals surface area (Å²) in [7, 11) is -0.796. The summed E-state index contributed by atoms with van der Waals surface area (Å²) in [6, 6.07) is 12.4. The van der Waals surface area contributed by atoms with Gasteiger partial charge in [0.2, 0.25) is 5.09 Å². The van der Waals surface area contributed by atoms with Crippen LogP contribution in [0.5, 0.6) is 0 Å². The fraction of sp³-hybridized carbons (Fsp3) is 0.421. The van der Waals surface area contributed by atoms with Crippen LogP contribution in [0.4, 0.5) is 0 Å². The summed E-state index contributed by atoms with van der Waals surface area (Å²) in [5, 5.41) is -0.171. The monoisotopic (exact) mass is 379 g/mol. The van der Waals surface area contributed by atoms with Crippen molar-refractivity contribution >= 4 is 16.0 Å². The van der Waals surface area contributed by atoms with Gasteiger partial charge in [0, 0.05) is 14.1 Å². The first-order valence-corrected chi connectivity index (χ1v) is 9.94. The molecule has 0 saturated carbocycles. The second-order valence-electron chi connectivity index (χ2n) is 6.39. The van der Waals surface area contributed by atoms with Crippen LogP contribution in [-0.2, 0) is 26.2 Å². The van der Waals surface area contributed by atoms with E-state index in [0.29, 0.717) is 0 Å². The third kappa shape index (κ3) is 4.53. The van der Waals surface area contributed by atoms with E-state index in [-0.39, 0.29) is 35.3 Å². The summed E-state index contributed by atoms with van der Waals surface area (Å²) in [5.74, 6) is -0.318. The normalized spacial score (nSPS) is 14.2. The average Bonchev–Trinajstić information content (AvgIpc) is 3.10. The van der Waals surface area contributed by atoms with Crippen LogP contribution in [0.1, 0.15) is 37.5 Å². The van der Waals surface area contributed by atoms with Crippen molar-refractivity contribution in [2.45, 2.75) is 37.9 Å². The van der Waals surface area contributed by atoms with Gasteiger partial charge in [0.05, 0.1) is 5.92 Å². The Morgan fingerprint density at radius 3 is 2.38 bits per heavy atom. The molecular formula is C19H25NO5S. The Hall–Kier alpha value is -2.12. The van der Waals surface area contributed by atoms with Crippen LogP contribution in [0, 0.1) is 5.92 Å². The SMILES string of the molecule is CCC(C)C(C(=O)OCc1ccc(S(=O)(=O)N(C)C)o1)c1ccccc1. The second-order valence-corrected chi connectivity index (χ2v) is 8.47. The Labute approximate surface area is 154 Å². The number of nitrogens with zero attached hydrogens (tertiary/aromatic N) is 1. The highest BCUT2D eigenvalue weighted by Crippen LogP contribution is 2.29. The molecule has 0 aliphatic rings. The van der Waals surface area contributed by atoms with E-state index in [0.717, 1.165) is 16.3 Å². The van der Waals surface area contributed by atoms with Crippen LogP contribution in [0.3, 0.4) is 0 Å². The average molecular weight is 379 g/mol. The lowest BCUT2D eigenvalue weighted by atomic mass is 9.86. The van der Waals surface area contributed by atoms with Crippen molar-refractivity contribution in [1.82, 2.24) is 4.31 Å². The minimum atomic E-state index is -3.65. The molecular weight excluding hydrogens is 354 g/mol. The van der Waals surface area contributed by atoms with Gasteiger partial charge in [0.15, 0.2) is 0 Å². The number of benzene rings is 1. The van der Waals surface area contributed by atoms with Crippen molar-refractivity contribution in [2.75, 3.05) is 14.1 Å². The Morgan fingerprint density at radius 1 is 1.15 bits per heavy atom. The van der Waals surface area contributed by atoms with Crippen molar-refractivity contribution in [2.24, 2.45) is 5.92 Å². The number of ether oxygens (including phenoxy) is 1. The molecule has 1 aromatic carbocycles. The molecule has 0 saturated heterocycles. The number of esters is 1. The van der Waals surface area contributed by atoms with Gasteiger partial charge >= 0.3 is 5.97 Å². The lowest BCUT2D eigenvalue weighted by molar-refractivity contribution is -0.148. The Bertz CT molecular complexity index is 827. The molecule has 7 heteroatoms. The zero-order valence-corrected chi connectivity index (χ0v) is 16.3. The smallest absolute Gasteiger partial charge is 0.314 e. The quantitative estimate of drug-likeness (QED) is 0.657. The Kier molecular flexibility index (Phi) is 6.61. The highest BCUT2D eigenvalue weighted by molar-refractivity contribution is 7.88. The number of hydrogen-bond acceptors (Lipinski definition) is 5. The van der Waals surface area contributed by atoms with E-state index in [4.69, 9.17) is 9.15 Å². The zero-order chi connectivity index (χ0) is 19.3. The van der Waals surface area contributed by atoms with E-state index in [1.807, 2.05) is 44.2 Å². The number of carbonyl (C=O) groups excluding carboxylic acids is 1. The predicted molar refractivity (Wildman–Crippen MR) is 98.0 cm³/mol. The van der Waals surface area contributed by atoms with Crippen molar-refractivity contribution in [3.63, 3.8) is 0 Å². The first-order valence-electron chi connectivity index (χ1n) is 8.50. The van der Waals surface area contributed by atoms with E-state index >= 15 is 0 Å². The molecule has 0 amide bonds. The van der Waals surface area contributed by atoms with Crippen LogP contribution in [0.2, 0.25) is 0 Å². The van der Waals surface area contributed by atoms with E-state index < -0.39 is 10.0 Å². The lowest BCUT2D eigenvalue weighted by Gasteiger charge is -2.21. The third-order valence-electron chi connectivity index (χ3n) is 4.35. The molecule has 6 nitrogen and oxygen atoms in total. The molecule has 0 aliphatic heterocycles. The molecule has 0 fully saturated rings. The first kappa shape index (κ1) is 20.2. The fourth-order valence-corrected chi connectivity index (χ4v) is 3.39. The van der Waals surface area contributed by atoms with Crippen LogP contribution < -0.4 is 0 Å². The standard InChI is InChI=1S/C19H25NO5S/c1-5-14(2)18(15-9-7-6-8-10-15)19(21)24-13-16-11-12-17(25-16)26(22,23)20(3)4/h6-12,14,18H,5,13H2,1-4H3. The van der Waals surface area contributed by atoms with Gasteiger partial charge in [-0.25, -0.2) is 12.7 Å². The molecule has 26 heavy (non-hydrogen) atoms. The van der Waals surface area contributed by atoms with Gasteiger partial charge in [-0.05, 0) is 23.6 Å². The van der Waals surface area contributed by atoms with Crippen molar-refractivity contribution < 1.29 is 22.4 Å². The Morgan fingerprint density at radius 2 is 1.81 bits per heavy atom. The third-order valence-corrected chi connectivity index (χ3v) is 6.04.